The fraction of sp³-hybridized carbons (Fsp3) is 0.261. The predicted octanol–water partition coefficient (Wildman–Crippen LogP) is 3.91. The molecule has 0 saturated carbocycles. The van der Waals surface area contributed by atoms with Crippen LogP contribution in [0.2, 0.25) is 0 Å². The van der Waals surface area contributed by atoms with Crippen LogP contribution in [0.1, 0.15) is 35.9 Å². The largest absolute Gasteiger partial charge is 0.495 e. The van der Waals surface area contributed by atoms with Gasteiger partial charge in [0, 0.05) is 24.7 Å². The summed E-state index contributed by atoms with van der Waals surface area (Å²) in [5, 5.41) is 10.1. The highest BCUT2D eigenvalue weighted by molar-refractivity contribution is 7.90. The third-order valence-electron chi connectivity index (χ3n) is 5.99. The first kappa shape index (κ1) is 25.6. The molecule has 0 spiro atoms. The van der Waals surface area contributed by atoms with E-state index in [1.807, 2.05) is 0 Å². The molecule has 0 saturated heterocycles. The van der Waals surface area contributed by atoms with Gasteiger partial charge in [-0.05, 0) is 60.2 Å². The summed E-state index contributed by atoms with van der Waals surface area (Å²) < 4.78 is 54.9. The molecule has 0 bridgehead atoms. The van der Waals surface area contributed by atoms with Gasteiger partial charge in [0.05, 0.1) is 12.8 Å². The van der Waals surface area contributed by atoms with Crippen molar-refractivity contribution in [2.24, 2.45) is 7.05 Å². The molecule has 1 N–H and O–H groups in total. The third-order valence-corrected chi connectivity index (χ3v) is 8.33. The van der Waals surface area contributed by atoms with E-state index in [-0.39, 0.29) is 22.1 Å². The molecular formula is C23H23ClFN5O5S. The van der Waals surface area contributed by atoms with Crippen molar-refractivity contribution >= 4 is 21.8 Å². The topological polar surface area (TPSA) is 123 Å². The number of nitrogens with zero attached hydrogens (tertiary/aromatic N) is 4. The highest BCUT2D eigenvalue weighted by atomic mass is 35.5. The highest BCUT2D eigenvalue weighted by Crippen LogP contribution is 2.43. The molecule has 0 amide bonds. The van der Waals surface area contributed by atoms with E-state index in [4.69, 9.17) is 20.9 Å². The van der Waals surface area contributed by atoms with Crippen LogP contribution in [0.25, 0.3) is 11.3 Å². The lowest BCUT2D eigenvalue weighted by Crippen LogP contribution is -2.31. The number of aromatic amines is 1. The molecule has 2 heterocycles. The molecule has 2 aromatic carbocycles. The minimum absolute atomic E-state index is 0.0543. The number of nitrogens with one attached hydrogen (secondary N) is 1. The van der Waals surface area contributed by atoms with Gasteiger partial charge >= 0.3 is 5.76 Å². The first-order valence-electron chi connectivity index (χ1n) is 10.7. The van der Waals surface area contributed by atoms with Gasteiger partial charge in [0.25, 0.3) is 10.0 Å². The summed E-state index contributed by atoms with van der Waals surface area (Å²) >= 11 is 6.50. The summed E-state index contributed by atoms with van der Waals surface area (Å²) in [5.74, 6) is -2.73. The van der Waals surface area contributed by atoms with Gasteiger partial charge < -0.3 is 9.15 Å². The molecule has 0 unspecified atom stereocenters. The van der Waals surface area contributed by atoms with Gasteiger partial charge in [0.1, 0.15) is 22.5 Å². The van der Waals surface area contributed by atoms with Crippen LogP contribution in [0, 0.1) is 12.7 Å². The zero-order valence-electron chi connectivity index (χ0n) is 19.8. The SMILES string of the molecule is COc1ccccc1S(=O)(=O)N(Cl)[C@H](c1n[nH]c(=O)o1)[C@H](C)c1c(F)ccc(-c2ccnn2C)c1C. The van der Waals surface area contributed by atoms with Crippen LogP contribution in [0.15, 0.2) is 62.8 Å². The molecule has 0 radical (unpaired) electrons. The number of aryl methyl sites for hydroxylation is 1. The summed E-state index contributed by atoms with van der Waals surface area (Å²) in [6.07, 6.45) is 1.61. The number of hydrogen-bond acceptors (Lipinski definition) is 7. The lowest BCUT2D eigenvalue weighted by Gasteiger charge is -2.29. The van der Waals surface area contributed by atoms with Crippen molar-refractivity contribution in [1.82, 2.24) is 23.8 Å². The maximum Gasteiger partial charge on any atom is 0.434 e. The van der Waals surface area contributed by atoms with E-state index in [2.05, 4.69) is 15.3 Å². The molecule has 4 rings (SSSR count). The van der Waals surface area contributed by atoms with Gasteiger partial charge in [-0.25, -0.2) is 22.7 Å². The van der Waals surface area contributed by atoms with E-state index in [0.717, 1.165) is 5.69 Å². The maximum absolute atomic E-state index is 15.3. The van der Waals surface area contributed by atoms with Gasteiger partial charge in [-0.1, -0.05) is 22.9 Å². The fourth-order valence-electron chi connectivity index (χ4n) is 4.25. The Balaban J connectivity index is 1.89. The van der Waals surface area contributed by atoms with Crippen molar-refractivity contribution in [3.05, 3.63) is 82.0 Å². The number of halogens is 2. The number of para-hydroxylation sites is 1. The molecule has 36 heavy (non-hydrogen) atoms. The molecule has 0 aliphatic heterocycles. The number of ether oxygens (including phenoxy) is 1. The zero-order valence-corrected chi connectivity index (χ0v) is 21.3. The number of aromatic nitrogens is 4. The second-order valence-electron chi connectivity index (χ2n) is 8.06. The summed E-state index contributed by atoms with van der Waals surface area (Å²) in [6.45, 7) is 3.28. The van der Waals surface area contributed by atoms with Crippen LogP contribution < -0.4 is 10.5 Å². The Labute approximate surface area is 211 Å². The number of H-pyrrole nitrogens is 1. The molecule has 2 atom stereocenters. The monoisotopic (exact) mass is 535 g/mol. The average molecular weight is 536 g/mol. The van der Waals surface area contributed by atoms with E-state index < -0.39 is 33.6 Å². The van der Waals surface area contributed by atoms with E-state index in [0.29, 0.717) is 15.0 Å². The number of sulfonamides is 1. The molecule has 2 aromatic heterocycles. The Bertz CT molecular complexity index is 1560. The van der Waals surface area contributed by atoms with Gasteiger partial charge in [0.15, 0.2) is 0 Å². The zero-order chi connectivity index (χ0) is 26.2. The number of rotatable bonds is 8. The predicted molar refractivity (Wildman–Crippen MR) is 129 cm³/mol. The van der Waals surface area contributed by atoms with Crippen molar-refractivity contribution in [2.45, 2.75) is 30.7 Å². The Morgan fingerprint density at radius 2 is 1.94 bits per heavy atom. The van der Waals surface area contributed by atoms with Crippen molar-refractivity contribution < 1.29 is 22.0 Å². The molecule has 4 aromatic rings. The molecule has 0 aliphatic rings. The smallest absolute Gasteiger partial charge is 0.434 e. The number of hydrogen-bond donors (Lipinski definition) is 1. The summed E-state index contributed by atoms with van der Waals surface area (Å²) in [5.41, 5.74) is 2.13. The lowest BCUT2D eigenvalue weighted by atomic mass is 9.87. The van der Waals surface area contributed by atoms with Crippen LogP contribution in [0.3, 0.4) is 0 Å². The summed E-state index contributed by atoms with van der Waals surface area (Å²) in [6, 6.07) is 9.17. The molecule has 0 aliphatic carbocycles. The fourth-order valence-corrected chi connectivity index (χ4v) is 6.14. The van der Waals surface area contributed by atoms with Crippen LogP contribution in [-0.4, -0.2) is 39.3 Å². The van der Waals surface area contributed by atoms with E-state index >= 15 is 4.39 Å². The van der Waals surface area contributed by atoms with Crippen molar-refractivity contribution in [2.75, 3.05) is 7.11 Å². The summed E-state index contributed by atoms with van der Waals surface area (Å²) in [7, 11) is -1.36. The number of methoxy groups -OCH3 is 1. The Morgan fingerprint density at radius 3 is 2.56 bits per heavy atom. The lowest BCUT2D eigenvalue weighted by molar-refractivity contribution is 0.316. The molecule has 10 nitrogen and oxygen atoms in total. The van der Waals surface area contributed by atoms with Crippen molar-refractivity contribution in [1.29, 1.82) is 0 Å². The van der Waals surface area contributed by atoms with Gasteiger partial charge in [-0.15, -0.1) is 5.10 Å². The van der Waals surface area contributed by atoms with Crippen LogP contribution in [0.5, 0.6) is 5.75 Å². The minimum atomic E-state index is -4.44. The molecule has 0 fully saturated rings. The van der Waals surface area contributed by atoms with Crippen LogP contribution in [0.4, 0.5) is 4.39 Å². The average Bonchev–Trinajstić information content (AvgIpc) is 3.47. The van der Waals surface area contributed by atoms with Gasteiger partial charge in [-0.2, -0.15) is 5.10 Å². The first-order chi connectivity index (χ1) is 17.1. The standard InChI is InChI=1S/C23H23ClFN5O5S/c1-13-15(17-11-12-26-29(17)3)9-10-16(25)20(13)14(2)21(22-27-28-23(31)35-22)30(24)36(32,33)19-8-6-5-7-18(19)34-4/h5-12,14,21H,1-4H3,(H,28,31)/t14-,21+/m1/s1. The van der Waals surface area contributed by atoms with E-state index in [9.17, 15) is 13.2 Å². The Kier molecular flexibility index (Phi) is 7.03. The highest BCUT2D eigenvalue weighted by Gasteiger charge is 2.41. The van der Waals surface area contributed by atoms with Gasteiger partial charge in [-0.3, -0.25) is 4.68 Å². The minimum Gasteiger partial charge on any atom is -0.495 e. The molecular weight excluding hydrogens is 513 g/mol. The maximum atomic E-state index is 15.3. The quantitative estimate of drug-likeness (QED) is 0.339. The summed E-state index contributed by atoms with van der Waals surface area (Å²) in [4.78, 5) is 11.6. The Hall–Kier alpha value is -3.48. The third kappa shape index (κ3) is 4.43. The number of benzene rings is 2. The second kappa shape index (κ2) is 9.88. The van der Waals surface area contributed by atoms with E-state index in [1.165, 1.54) is 31.4 Å². The van der Waals surface area contributed by atoms with Crippen LogP contribution in [-0.2, 0) is 17.1 Å². The first-order valence-corrected chi connectivity index (χ1v) is 12.5. The Morgan fingerprint density at radius 1 is 1.22 bits per heavy atom. The van der Waals surface area contributed by atoms with E-state index in [1.54, 1.807) is 50.0 Å². The van der Waals surface area contributed by atoms with Crippen LogP contribution >= 0.6 is 11.8 Å². The van der Waals surface area contributed by atoms with Gasteiger partial charge in [0.2, 0.25) is 5.89 Å². The molecule has 13 heteroatoms. The normalized spacial score (nSPS) is 13.6. The van der Waals surface area contributed by atoms with Crippen molar-refractivity contribution in [3.63, 3.8) is 0 Å². The second-order valence-corrected chi connectivity index (χ2v) is 10.4. The molecule has 190 valence electrons. The van der Waals surface area contributed by atoms with Crippen molar-refractivity contribution in [3.8, 4) is 17.0 Å².